The van der Waals surface area contributed by atoms with Crippen LogP contribution in [0.1, 0.15) is 32.8 Å². The topological polar surface area (TPSA) is 29.5 Å². The third-order valence-corrected chi connectivity index (χ3v) is 3.02. The summed E-state index contributed by atoms with van der Waals surface area (Å²) in [6, 6.07) is 7.80. The van der Waals surface area contributed by atoms with Crippen molar-refractivity contribution in [1.82, 2.24) is 4.90 Å². The fourth-order valence-electron chi connectivity index (χ4n) is 1.83. The van der Waals surface area contributed by atoms with Crippen molar-refractivity contribution in [3.05, 3.63) is 29.8 Å². The molecule has 0 fully saturated rings. The highest BCUT2D eigenvalue weighted by Gasteiger charge is 2.22. The zero-order valence-corrected chi connectivity index (χ0v) is 11.8. The normalized spacial score (nSPS) is 12.0. The molecule has 1 atom stereocenters. The SMILES string of the molecule is CC[C@@H](Oc1ccc(C)cc1)C(=O)N(CC)CC. The Morgan fingerprint density at radius 3 is 2.17 bits per heavy atom. The van der Waals surface area contributed by atoms with Crippen molar-refractivity contribution in [2.75, 3.05) is 13.1 Å². The molecule has 0 saturated carbocycles. The van der Waals surface area contributed by atoms with E-state index in [1.54, 1.807) is 0 Å². The summed E-state index contributed by atoms with van der Waals surface area (Å²) in [5.74, 6) is 0.830. The lowest BCUT2D eigenvalue weighted by Gasteiger charge is -2.25. The second kappa shape index (κ2) is 7.04. The lowest BCUT2D eigenvalue weighted by molar-refractivity contribution is -0.138. The van der Waals surface area contributed by atoms with Crippen molar-refractivity contribution < 1.29 is 9.53 Å². The van der Waals surface area contributed by atoms with Crippen molar-refractivity contribution in [3.8, 4) is 5.75 Å². The van der Waals surface area contributed by atoms with Crippen LogP contribution in [-0.4, -0.2) is 30.0 Å². The first-order chi connectivity index (χ1) is 8.62. The quantitative estimate of drug-likeness (QED) is 0.775. The Morgan fingerprint density at radius 1 is 1.17 bits per heavy atom. The number of rotatable bonds is 6. The van der Waals surface area contributed by atoms with Gasteiger partial charge in [0.15, 0.2) is 6.10 Å². The number of amides is 1. The van der Waals surface area contributed by atoms with Gasteiger partial charge in [0.2, 0.25) is 0 Å². The van der Waals surface area contributed by atoms with E-state index in [0.717, 1.165) is 18.8 Å². The van der Waals surface area contributed by atoms with Crippen LogP contribution in [0.5, 0.6) is 5.75 Å². The van der Waals surface area contributed by atoms with Gasteiger partial charge in [0, 0.05) is 13.1 Å². The fourth-order valence-corrected chi connectivity index (χ4v) is 1.83. The van der Waals surface area contributed by atoms with Gasteiger partial charge in [-0.2, -0.15) is 0 Å². The number of likely N-dealkylation sites (N-methyl/N-ethyl adjacent to an activating group) is 1. The van der Waals surface area contributed by atoms with E-state index in [1.165, 1.54) is 5.56 Å². The third-order valence-electron chi connectivity index (χ3n) is 3.02. The van der Waals surface area contributed by atoms with Gasteiger partial charge < -0.3 is 9.64 Å². The number of carbonyl (C=O) groups is 1. The number of ether oxygens (including phenoxy) is 1. The van der Waals surface area contributed by atoms with Crippen LogP contribution < -0.4 is 4.74 Å². The highest BCUT2D eigenvalue weighted by atomic mass is 16.5. The van der Waals surface area contributed by atoms with Gasteiger partial charge in [-0.15, -0.1) is 0 Å². The van der Waals surface area contributed by atoms with Crippen LogP contribution in [-0.2, 0) is 4.79 Å². The summed E-state index contributed by atoms with van der Waals surface area (Å²) in [4.78, 5) is 14.0. The molecule has 18 heavy (non-hydrogen) atoms. The minimum atomic E-state index is -0.382. The maximum Gasteiger partial charge on any atom is 0.263 e. The van der Waals surface area contributed by atoms with Gasteiger partial charge in [-0.1, -0.05) is 24.6 Å². The molecule has 0 saturated heterocycles. The van der Waals surface area contributed by atoms with Gasteiger partial charge in [0.05, 0.1) is 0 Å². The Kier molecular flexibility index (Phi) is 5.69. The Balaban J connectivity index is 2.72. The number of hydrogen-bond acceptors (Lipinski definition) is 2. The summed E-state index contributed by atoms with van der Waals surface area (Å²) >= 11 is 0. The molecule has 0 aliphatic rings. The minimum absolute atomic E-state index is 0.0723. The standard InChI is InChI=1S/C15H23NO2/c1-5-14(15(17)16(6-2)7-3)18-13-10-8-12(4)9-11-13/h8-11,14H,5-7H2,1-4H3/t14-/m1/s1. The maximum atomic E-state index is 12.2. The molecular formula is C15H23NO2. The molecule has 0 spiro atoms. The number of nitrogens with zero attached hydrogens (tertiary/aromatic N) is 1. The molecule has 100 valence electrons. The molecule has 1 aromatic carbocycles. The van der Waals surface area contributed by atoms with E-state index in [9.17, 15) is 4.79 Å². The monoisotopic (exact) mass is 249 g/mol. The van der Waals surface area contributed by atoms with Crippen LogP contribution >= 0.6 is 0 Å². The highest BCUT2D eigenvalue weighted by Crippen LogP contribution is 2.15. The van der Waals surface area contributed by atoms with Gasteiger partial charge >= 0.3 is 0 Å². The van der Waals surface area contributed by atoms with E-state index in [0.29, 0.717) is 6.42 Å². The lowest BCUT2D eigenvalue weighted by Crippen LogP contribution is -2.41. The van der Waals surface area contributed by atoms with E-state index in [-0.39, 0.29) is 12.0 Å². The van der Waals surface area contributed by atoms with Gasteiger partial charge in [0.25, 0.3) is 5.91 Å². The van der Waals surface area contributed by atoms with Gasteiger partial charge in [-0.05, 0) is 39.3 Å². The number of aryl methyl sites for hydroxylation is 1. The molecule has 0 aromatic heterocycles. The van der Waals surface area contributed by atoms with Gasteiger partial charge in [0.1, 0.15) is 5.75 Å². The van der Waals surface area contributed by atoms with Crippen LogP contribution in [0.4, 0.5) is 0 Å². The van der Waals surface area contributed by atoms with Crippen molar-refractivity contribution in [2.24, 2.45) is 0 Å². The molecule has 3 heteroatoms. The summed E-state index contributed by atoms with van der Waals surface area (Å²) in [5.41, 5.74) is 1.19. The predicted molar refractivity (Wildman–Crippen MR) is 73.8 cm³/mol. The van der Waals surface area contributed by atoms with E-state index in [1.807, 2.05) is 56.9 Å². The molecule has 0 heterocycles. The first-order valence-electron chi connectivity index (χ1n) is 6.64. The van der Waals surface area contributed by atoms with Crippen LogP contribution in [0, 0.1) is 6.92 Å². The molecule has 1 amide bonds. The number of benzene rings is 1. The van der Waals surface area contributed by atoms with Crippen molar-refractivity contribution in [3.63, 3.8) is 0 Å². The molecule has 0 N–H and O–H groups in total. The Hall–Kier alpha value is -1.51. The number of hydrogen-bond donors (Lipinski definition) is 0. The van der Waals surface area contributed by atoms with Crippen LogP contribution in [0.15, 0.2) is 24.3 Å². The zero-order chi connectivity index (χ0) is 13.5. The predicted octanol–water partition coefficient (Wildman–Crippen LogP) is 3.02. The fraction of sp³-hybridized carbons (Fsp3) is 0.533. The summed E-state index contributed by atoms with van der Waals surface area (Å²) < 4.78 is 5.77. The van der Waals surface area contributed by atoms with Crippen molar-refractivity contribution in [2.45, 2.75) is 40.2 Å². The molecule has 0 aliphatic carbocycles. The summed E-state index contributed by atoms with van der Waals surface area (Å²) in [6.45, 7) is 9.43. The van der Waals surface area contributed by atoms with Gasteiger partial charge in [-0.3, -0.25) is 4.79 Å². The smallest absolute Gasteiger partial charge is 0.263 e. The molecule has 1 aromatic rings. The largest absolute Gasteiger partial charge is 0.481 e. The van der Waals surface area contributed by atoms with E-state index >= 15 is 0 Å². The summed E-state index contributed by atoms with van der Waals surface area (Å²) in [5, 5.41) is 0. The Bertz CT molecular complexity index is 369. The molecule has 0 radical (unpaired) electrons. The van der Waals surface area contributed by atoms with Crippen molar-refractivity contribution in [1.29, 1.82) is 0 Å². The molecular weight excluding hydrogens is 226 g/mol. The number of carbonyl (C=O) groups excluding carboxylic acids is 1. The summed E-state index contributed by atoms with van der Waals surface area (Å²) in [7, 11) is 0. The Labute approximate surface area is 110 Å². The summed E-state index contributed by atoms with van der Waals surface area (Å²) in [6.07, 6.45) is 0.302. The lowest BCUT2D eigenvalue weighted by atomic mass is 10.2. The van der Waals surface area contributed by atoms with E-state index in [2.05, 4.69) is 0 Å². The molecule has 3 nitrogen and oxygen atoms in total. The van der Waals surface area contributed by atoms with E-state index < -0.39 is 0 Å². The Morgan fingerprint density at radius 2 is 1.72 bits per heavy atom. The maximum absolute atomic E-state index is 12.2. The first kappa shape index (κ1) is 14.6. The van der Waals surface area contributed by atoms with Crippen LogP contribution in [0.3, 0.4) is 0 Å². The molecule has 0 bridgehead atoms. The van der Waals surface area contributed by atoms with Crippen molar-refractivity contribution >= 4 is 5.91 Å². The second-order valence-corrected chi connectivity index (χ2v) is 4.34. The zero-order valence-electron chi connectivity index (χ0n) is 11.8. The molecule has 1 rings (SSSR count). The second-order valence-electron chi connectivity index (χ2n) is 4.34. The molecule has 0 aliphatic heterocycles. The first-order valence-corrected chi connectivity index (χ1v) is 6.64. The highest BCUT2D eigenvalue weighted by molar-refractivity contribution is 5.81. The molecule has 0 unspecified atom stereocenters. The third kappa shape index (κ3) is 3.76. The minimum Gasteiger partial charge on any atom is -0.481 e. The average Bonchev–Trinajstić information content (AvgIpc) is 2.39. The van der Waals surface area contributed by atoms with E-state index in [4.69, 9.17) is 4.74 Å². The average molecular weight is 249 g/mol. The van der Waals surface area contributed by atoms with Gasteiger partial charge in [-0.25, -0.2) is 0 Å². The van der Waals surface area contributed by atoms with Crippen LogP contribution in [0.25, 0.3) is 0 Å². The van der Waals surface area contributed by atoms with Crippen LogP contribution in [0.2, 0.25) is 0 Å².